The molecule has 1 aliphatic heterocycles. The molecule has 2 aromatic carbocycles. The molecule has 2 heteroatoms. The van der Waals surface area contributed by atoms with E-state index in [0.717, 1.165) is 0 Å². The van der Waals surface area contributed by atoms with Crippen LogP contribution in [-0.4, -0.2) is 0 Å². The van der Waals surface area contributed by atoms with E-state index in [-0.39, 0.29) is 5.41 Å². The molecule has 1 aliphatic rings. The van der Waals surface area contributed by atoms with Crippen molar-refractivity contribution < 1.29 is 0 Å². The van der Waals surface area contributed by atoms with Gasteiger partial charge in [0.25, 0.3) is 0 Å². The summed E-state index contributed by atoms with van der Waals surface area (Å²) < 4.78 is 0. The molecule has 0 saturated heterocycles. The van der Waals surface area contributed by atoms with Crippen molar-refractivity contribution in [3.63, 3.8) is 0 Å². The smallest absolute Gasteiger partial charge is 0.0529 e. The highest BCUT2D eigenvalue weighted by molar-refractivity contribution is 7.99. The Labute approximate surface area is 113 Å². The van der Waals surface area contributed by atoms with Gasteiger partial charge in [-0.1, -0.05) is 50.7 Å². The fourth-order valence-corrected chi connectivity index (χ4v) is 3.07. The lowest BCUT2D eigenvalue weighted by atomic mass is 9.87. The molecule has 0 amide bonds. The number of benzene rings is 2. The summed E-state index contributed by atoms with van der Waals surface area (Å²) in [5, 5.41) is 3.53. The molecule has 0 saturated carbocycles. The molecule has 0 spiro atoms. The quantitative estimate of drug-likeness (QED) is 0.593. The maximum absolute atomic E-state index is 3.53. The van der Waals surface area contributed by atoms with Crippen LogP contribution >= 0.6 is 11.8 Å². The number of para-hydroxylation sites is 1. The minimum atomic E-state index is 0.193. The molecule has 0 fully saturated rings. The molecule has 0 unspecified atom stereocenters. The van der Waals surface area contributed by atoms with Crippen molar-refractivity contribution in [3.05, 3.63) is 48.0 Å². The Hall–Kier alpha value is -1.41. The maximum Gasteiger partial charge on any atom is 0.0529 e. The Balaban J connectivity index is 2.04. The zero-order valence-electron chi connectivity index (χ0n) is 10.9. The third-order valence-electron chi connectivity index (χ3n) is 3.22. The molecule has 0 bridgehead atoms. The Morgan fingerprint density at radius 1 is 0.889 bits per heavy atom. The first kappa shape index (κ1) is 11.7. The van der Waals surface area contributed by atoms with Crippen molar-refractivity contribution in [2.45, 2.75) is 36.0 Å². The summed E-state index contributed by atoms with van der Waals surface area (Å²) in [6.07, 6.45) is 0. The Morgan fingerprint density at radius 2 is 1.61 bits per heavy atom. The van der Waals surface area contributed by atoms with Gasteiger partial charge < -0.3 is 5.32 Å². The van der Waals surface area contributed by atoms with E-state index in [0.29, 0.717) is 0 Å². The van der Waals surface area contributed by atoms with Gasteiger partial charge in [0.1, 0.15) is 0 Å². The van der Waals surface area contributed by atoms with Crippen molar-refractivity contribution in [3.8, 4) is 0 Å². The van der Waals surface area contributed by atoms with E-state index >= 15 is 0 Å². The molecule has 2 aromatic rings. The van der Waals surface area contributed by atoms with E-state index in [2.05, 4.69) is 68.6 Å². The molecule has 0 radical (unpaired) electrons. The van der Waals surface area contributed by atoms with Crippen molar-refractivity contribution in [1.29, 1.82) is 0 Å². The van der Waals surface area contributed by atoms with E-state index in [1.165, 1.54) is 26.7 Å². The summed E-state index contributed by atoms with van der Waals surface area (Å²) in [6.45, 7) is 6.75. The van der Waals surface area contributed by atoms with E-state index in [1.807, 2.05) is 11.8 Å². The third kappa shape index (κ3) is 2.01. The van der Waals surface area contributed by atoms with Crippen LogP contribution in [0.1, 0.15) is 26.3 Å². The standard InChI is InChI=1S/C16H17NS/c1-16(2,3)11-8-9-15-13(10-11)17-12-6-4-5-7-14(12)18-15/h4-10,17H,1-3H3. The fraction of sp³-hybridized carbons (Fsp3) is 0.250. The van der Waals surface area contributed by atoms with Crippen LogP contribution in [0, 0.1) is 0 Å². The molecule has 1 heterocycles. The second-order valence-electron chi connectivity index (χ2n) is 5.68. The zero-order valence-corrected chi connectivity index (χ0v) is 11.8. The topological polar surface area (TPSA) is 12.0 Å². The zero-order chi connectivity index (χ0) is 12.8. The lowest BCUT2D eigenvalue weighted by Gasteiger charge is -2.25. The van der Waals surface area contributed by atoms with E-state index in [9.17, 15) is 0 Å². The van der Waals surface area contributed by atoms with Crippen LogP contribution < -0.4 is 5.32 Å². The minimum absolute atomic E-state index is 0.193. The largest absolute Gasteiger partial charge is 0.354 e. The van der Waals surface area contributed by atoms with Gasteiger partial charge in [-0.15, -0.1) is 0 Å². The molecule has 3 rings (SSSR count). The predicted octanol–water partition coefficient (Wildman–Crippen LogP) is 5.19. The van der Waals surface area contributed by atoms with Gasteiger partial charge in [0.2, 0.25) is 0 Å². The summed E-state index contributed by atoms with van der Waals surface area (Å²) in [5.74, 6) is 0. The second-order valence-corrected chi connectivity index (χ2v) is 6.77. The van der Waals surface area contributed by atoms with Gasteiger partial charge in [-0.2, -0.15) is 0 Å². The van der Waals surface area contributed by atoms with E-state index in [1.54, 1.807) is 0 Å². The van der Waals surface area contributed by atoms with Crippen molar-refractivity contribution >= 4 is 23.1 Å². The minimum Gasteiger partial charge on any atom is -0.354 e. The van der Waals surface area contributed by atoms with Crippen LogP contribution in [0.5, 0.6) is 0 Å². The molecular formula is C16H17NS. The van der Waals surface area contributed by atoms with Crippen LogP contribution in [0.15, 0.2) is 52.3 Å². The Bertz CT molecular complexity index is 596. The van der Waals surface area contributed by atoms with Crippen LogP contribution in [0.3, 0.4) is 0 Å². The van der Waals surface area contributed by atoms with Crippen LogP contribution in [0.2, 0.25) is 0 Å². The second kappa shape index (κ2) is 4.06. The summed E-state index contributed by atoms with van der Waals surface area (Å²) in [6, 6.07) is 15.2. The molecule has 0 atom stereocenters. The van der Waals surface area contributed by atoms with E-state index in [4.69, 9.17) is 0 Å². The Kier molecular flexibility index (Phi) is 2.63. The van der Waals surface area contributed by atoms with Gasteiger partial charge in [0, 0.05) is 9.79 Å². The van der Waals surface area contributed by atoms with Crippen LogP contribution in [0.4, 0.5) is 11.4 Å². The van der Waals surface area contributed by atoms with Crippen molar-refractivity contribution in [1.82, 2.24) is 0 Å². The molecule has 0 aliphatic carbocycles. The lowest BCUT2D eigenvalue weighted by molar-refractivity contribution is 0.590. The fourth-order valence-electron chi connectivity index (χ4n) is 2.11. The highest BCUT2D eigenvalue weighted by Crippen LogP contribution is 2.44. The van der Waals surface area contributed by atoms with Crippen molar-refractivity contribution in [2.75, 3.05) is 5.32 Å². The Morgan fingerprint density at radius 3 is 2.39 bits per heavy atom. The van der Waals surface area contributed by atoms with Gasteiger partial charge in [-0.3, -0.25) is 0 Å². The lowest BCUT2D eigenvalue weighted by Crippen LogP contribution is -2.12. The highest BCUT2D eigenvalue weighted by Gasteiger charge is 2.19. The maximum atomic E-state index is 3.53. The molecule has 0 aromatic heterocycles. The highest BCUT2D eigenvalue weighted by atomic mass is 32.2. The molecule has 1 nitrogen and oxygen atoms in total. The van der Waals surface area contributed by atoms with Gasteiger partial charge in [-0.05, 0) is 35.2 Å². The number of nitrogens with one attached hydrogen (secondary N) is 1. The molecule has 18 heavy (non-hydrogen) atoms. The number of hydrogen-bond donors (Lipinski definition) is 1. The first-order chi connectivity index (χ1) is 8.54. The number of anilines is 2. The summed E-state index contributed by atoms with van der Waals surface area (Å²) in [5.41, 5.74) is 4.00. The average molecular weight is 255 g/mol. The van der Waals surface area contributed by atoms with Gasteiger partial charge in [0.15, 0.2) is 0 Å². The van der Waals surface area contributed by atoms with Gasteiger partial charge >= 0.3 is 0 Å². The first-order valence-electron chi connectivity index (χ1n) is 6.22. The number of rotatable bonds is 0. The molecular weight excluding hydrogens is 238 g/mol. The average Bonchev–Trinajstić information content (AvgIpc) is 2.34. The van der Waals surface area contributed by atoms with Gasteiger partial charge in [-0.25, -0.2) is 0 Å². The van der Waals surface area contributed by atoms with Crippen LogP contribution in [-0.2, 0) is 5.41 Å². The monoisotopic (exact) mass is 255 g/mol. The molecule has 92 valence electrons. The number of hydrogen-bond acceptors (Lipinski definition) is 2. The SMILES string of the molecule is CC(C)(C)c1ccc2c(c1)Nc1ccccc1S2. The summed E-state index contributed by atoms with van der Waals surface area (Å²) >= 11 is 1.84. The summed E-state index contributed by atoms with van der Waals surface area (Å²) in [4.78, 5) is 2.61. The van der Waals surface area contributed by atoms with Crippen molar-refractivity contribution in [2.24, 2.45) is 0 Å². The van der Waals surface area contributed by atoms with E-state index < -0.39 is 0 Å². The van der Waals surface area contributed by atoms with Crippen LogP contribution in [0.25, 0.3) is 0 Å². The first-order valence-corrected chi connectivity index (χ1v) is 7.04. The van der Waals surface area contributed by atoms with Gasteiger partial charge in [0.05, 0.1) is 11.4 Å². The number of fused-ring (bicyclic) bond motifs is 2. The third-order valence-corrected chi connectivity index (χ3v) is 4.37. The predicted molar refractivity (Wildman–Crippen MR) is 79.0 cm³/mol. The summed E-state index contributed by atoms with van der Waals surface area (Å²) in [7, 11) is 0. The molecule has 1 N–H and O–H groups in total. The normalized spacial score (nSPS) is 13.5.